The molecule has 3 rings (SSSR count). The van der Waals surface area contributed by atoms with Crippen molar-refractivity contribution < 1.29 is 0 Å². The Morgan fingerprint density at radius 3 is 2.84 bits per heavy atom. The molecule has 1 heterocycles. The Morgan fingerprint density at radius 1 is 1.21 bits per heavy atom. The van der Waals surface area contributed by atoms with E-state index in [0.717, 1.165) is 22.6 Å². The van der Waals surface area contributed by atoms with Gasteiger partial charge in [0.2, 0.25) is 0 Å². The first kappa shape index (κ1) is 12.3. The minimum atomic E-state index is -0.142. The summed E-state index contributed by atoms with van der Waals surface area (Å²) >= 11 is 0. The van der Waals surface area contributed by atoms with Crippen molar-refractivity contribution in [2.24, 2.45) is 5.92 Å². The minimum Gasteiger partial charge on any atom is -0.382 e. The molecule has 1 saturated carbocycles. The molecule has 0 saturated heterocycles. The first-order valence-corrected chi connectivity index (χ1v) is 7.25. The van der Waals surface area contributed by atoms with Gasteiger partial charge in [-0.15, -0.1) is 0 Å². The van der Waals surface area contributed by atoms with Gasteiger partial charge in [0.05, 0.1) is 11.0 Å². The minimum absolute atomic E-state index is 0.142. The lowest BCUT2D eigenvalue weighted by Crippen LogP contribution is -2.31. The van der Waals surface area contributed by atoms with Crippen LogP contribution in [0.4, 0.5) is 5.69 Å². The Bertz CT molecular complexity index is 613. The fourth-order valence-electron chi connectivity index (χ4n) is 3.22. The van der Waals surface area contributed by atoms with Crippen molar-refractivity contribution >= 4 is 16.7 Å². The third-order valence-corrected chi connectivity index (χ3v) is 4.30. The number of aromatic nitrogens is 2. The Balaban J connectivity index is 1.81. The fourth-order valence-corrected chi connectivity index (χ4v) is 3.22. The van der Waals surface area contributed by atoms with Crippen LogP contribution < -0.4 is 11.0 Å². The largest absolute Gasteiger partial charge is 0.382 e. The monoisotopic (exact) mass is 259 g/mol. The normalized spacial score (nSPS) is 23.6. The maximum absolute atomic E-state index is 11.3. The maximum Gasteiger partial charge on any atom is 0.323 e. The van der Waals surface area contributed by atoms with Crippen LogP contribution in [0.25, 0.3) is 11.0 Å². The van der Waals surface area contributed by atoms with Gasteiger partial charge in [0.1, 0.15) is 0 Å². The summed E-state index contributed by atoms with van der Waals surface area (Å²) < 4.78 is 0. The van der Waals surface area contributed by atoms with Crippen molar-refractivity contribution in [3.63, 3.8) is 0 Å². The predicted octanol–water partition coefficient (Wildman–Crippen LogP) is 3.24. The number of benzene rings is 1. The van der Waals surface area contributed by atoms with Crippen molar-refractivity contribution in [2.75, 3.05) is 5.32 Å². The van der Waals surface area contributed by atoms with Crippen LogP contribution in [0.2, 0.25) is 0 Å². The molecule has 0 bridgehead atoms. The van der Waals surface area contributed by atoms with Crippen LogP contribution in [-0.4, -0.2) is 16.0 Å². The SMILES string of the molecule is CCC1CCCCC1Nc1ccc2[nH]c(=O)[nH]c2c1. The van der Waals surface area contributed by atoms with Crippen LogP contribution in [0.1, 0.15) is 39.0 Å². The Labute approximate surface area is 112 Å². The van der Waals surface area contributed by atoms with E-state index in [2.05, 4.69) is 22.2 Å². The van der Waals surface area contributed by atoms with Crippen molar-refractivity contribution in [3.05, 3.63) is 28.7 Å². The standard InChI is InChI=1S/C15H21N3O/c1-2-10-5-3-4-6-12(10)16-11-7-8-13-14(9-11)18-15(19)17-13/h7-10,12,16H,2-6H2,1H3,(H2,17,18,19). The second-order valence-electron chi connectivity index (χ2n) is 5.54. The first-order valence-electron chi connectivity index (χ1n) is 7.25. The van der Waals surface area contributed by atoms with E-state index in [4.69, 9.17) is 0 Å². The van der Waals surface area contributed by atoms with E-state index in [-0.39, 0.29) is 5.69 Å². The second-order valence-corrected chi connectivity index (χ2v) is 5.54. The molecule has 0 spiro atoms. The molecular weight excluding hydrogens is 238 g/mol. The lowest BCUT2D eigenvalue weighted by atomic mass is 9.83. The third kappa shape index (κ3) is 2.53. The van der Waals surface area contributed by atoms with Crippen molar-refractivity contribution in [1.29, 1.82) is 0 Å². The Morgan fingerprint density at radius 2 is 2.00 bits per heavy atom. The highest BCUT2D eigenvalue weighted by Crippen LogP contribution is 2.29. The average molecular weight is 259 g/mol. The Hall–Kier alpha value is -1.71. The molecule has 1 aromatic carbocycles. The van der Waals surface area contributed by atoms with Gasteiger partial charge < -0.3 is 15.3 Å². The van der Waals surface area contributed by atoms with Gasteiger partial charge in [0.25, 0.3) is 0 Å². The summed E-state index contributed by atoms with van der Waals surface area (Å²) in [5.74, 6) is 0.773. The smallest absolute Gasteiger partial charge is 0.323 e. The van der Waals surface area contributed by atoms with Crippen molar-refractivity contribution in [2.45, 2.75) is 45.1 Å². The number of imidazole rings is 1. The van der Waals surface area contributed by atoms with Gasteiger partial charge in [0.15, 0.2) is 0 Å². The highest BCUT2D eigenvalue weighted by Gasteiger charge is 2.23. The predicted molar refractivity (Wildman–Crippen MR) is 78.6 cm³/mol. The van der Waals surface area contributed by atoms with E-state index < -0.39 is 0 Å². The number of hydrogen-bond donors (Lipinski definition) is 3. The summed E-state index contributed by atoms with van der Waals surface area (Å²) in [5, 5.41) is 3.65. The van der Waals surface area contributed by atoms with Crippen LogP contribution in [-0.2, 0) is 0 Å². The van der Waals surface area contributed by atoms with Gasteiger partial charge in [-0.05, 0) is 37.0 Å². The summed E-state index contributed by atoms with van der Waals surface area (Å²) in [6.07, 6.45) is 6.50. The molecule has 102 valence electrons. The summed E-state index contributed by atoms with van der Waals surface area (Å²) in [6.45, 7) is 2.28. The molecule has 1 aromatic heterocycles. The highest BCUT2D eigenvalue weighted by molar-refractivity contribution is 5.78. The molecule has 19 heavy (non-hydrogen) atoms. The van der Waals surface area contributed by atoms with Crippen LogP contribution >= 0.6 is 0 Å². The Kier molecular flexibility index (Phi) is 3.32. The number of fused-ring (bicyclic) bond motifs is 1. The van der Waals surface area contributed by atoms with Gasteiger partial charge in [-0.25, -0.2) is 4.79 Å². The van der Waals surface area contributed by atoms with Gasteiger partial charge >= 0.3 is 5.69 Å². The van der Waals surface area contributed by atoms with E-state index in [1.165, 1.54) is 32.1 Å². The molecule has 1 aliphatic rings. The topological polar surface area (TPSA) is 60.7 Å². The molecule has 1 aliphatic carbocycles. The van der Waals surface area contributed by atoms with E-state index in [1.54, 1.807) is 0 Å². The molecule has 1 fully saturated rings. The molecule has 0 radical (unpaired) electrons. The molecule has 2 aromatic rings. The number of H-pyrrole nitrogens is 2. The maximum atomic E-state index is 11.3. The van der Waals surface area contributed by atoms with Crippen molar-refractivity contribution in [1.82, 2.24) is 9.97 Å². The van der Waals surface area contributed by atoms with Crippen LogP contribution in [0.15, 0.2) is 23.0 Å². The summed E-state index contributed by atoms with van der Waals surface area (Å²) in [4.78, 5) is 16.8. The number of hydrogen-bond acceptors (Lipinski definition) is 2. The molecule has 0 aliphatic heterocycles. The quantitative estimate of drug-likeness (QED) is 0.792. The van der Waals surface area contributed by atoms with E-state index in [9.17, 15) is 4.79 Å². The molecule has 0 amide bonds. The molecule has 2 unspecified atom stereocenters. The van der Waals surface area contributed by atoms with Crippen LogP contribution in [0.5, 0.6) is 0 Å². The van der Waals surface area contributed by atoms with Gasteiger partial charge in [-0.2, -0.15) is 0 Å². The second kappa shape index (κ2) is 5.11. The zero-order valence-corrected chi connectivity index (χ0v) is 11.3. The summed E-state index contributed by atoms with van der Waals surface area (Å²) in [5.41, 5.74) is 2.70. The lowest BCUT2D eigenvalue weighted by Gasteiger charge is -2.32. The van der Waals surface area contributed by atoms with Gasteiger partial charge in [-0.1, -0.05) is 26.2 Å². The molecule has 4 heteroatoms. The first-order chi connectivity index (χ1) is 9.26. The number of rotatable bonds is 3. The average Bonchev–Trinajstić information content (AvgIpc) is 2.79. The fraction of sp³-hybridized carbons (Fsp3) is 0.533. The lowest BCUT2D eigenvalue weighted by molar-refractivity contribution is 0.317. The number of aromatic amines is 2. The van der Waals surface area contributed by atoms with E-state index >= 15 is 0 Å². The van der Waals surface area contributed by atoms with Crippen molar-refractivity contribution in [3.8, 4) is 0 Å². The third-order valence-electron chi connectivity index (χ3n) is 4.30. The van der Waals surface area contributed by atoms with Gasteiger partial charge in [-0.3, -0.25) is 0 Å². The van der Waals surface area contributed by atoms with E-state index in [0.29, 0.717) is 6.04 Å². The zero-order chi connectivity index (χ0) is 13.2. The number of anilines is 1. The summed E-state index contributed by atoms with van der Waals surface area (Å²) in [7, 11) is 0. The molecule has 2 atom stereocenters. The van der Waals surface area contributed by atoms with Crippen LogP contribution in [0, 0.1) is 5.92 Å². The summed E-state index contributed by atoms with van der Waals surface area (Å²) in [6, 6.07) is 6.60. The highest BCUT2D eigenvalue weighted by atomic mass is 16.1. The van der Waals surface area contributed by atoms with Crippen LogP contribution in [0.3, 0.4) is 0 Å². The zero-order valence-electron chi connectivity index (χ0n) is 11.3. The number of nitrogens with one attached hydrogen (secondary N) is 3. The van der Waals surface area contributed by atoms with E-state index in [1.807, 2.05) is 18.2 Å². The molecular formula is C15H21N3O. The van der Waals surface area contributed by atoms with Gasteiger partial charge in [0, 0.05) is 11.7 Å². The molecule has 3 N–H and O–H groups in total. The molecule has 4 nitrogen and oxygen atoms in total.